The topological polar surface area (TPSA) is 71.5 Å². The Hall–Kier alpha value is -1.02. The van der Waals surface area contributed by atoms with Gasteiger partial charge in [-0.15, -0.1) is 0 Å². The highest BCUT2D eigenvalue weighted by Gasteiger charge is 2.28. The molecular weight excluding hydrogens is 278 g/mol. The molecule has 0 amide bonds. The summed E-state index contributed by atoms with van der Waals surface area (Å²) in [6.07, 6.45) is 2.22. The van der Waals surface area contributed by atoms with Crippen LogP contribution in [0.1, 0.15) is 18.9 Å². The predicted molar refractivity (Wildman–Crippen MR) is 75.8 cm³/mol. The molecule has 1 aliphatic heterocycles. The van der Waals surface area contributed by atoms with E-state index in [0.29, 0.717) is 32.7 Å². The average Bonchev–Trinajstić information content (AvgIpc) is 2.65. The number of aromatic nitrogens is 1. The van der Waals surface area contributed by atoms with Gasteiger partial charge in [0.25, 0.3) is 10.0 Å². The Labute approximate surface area is 120 Å². The van der Waals surface area contributed by atoms with E-state index >= 15 is 0 Å². The highest BCUT2D eigenvalue weighted by Crippen LogP contribution is 2.17. The van der Waals surface area contributed by atoms with Crippen LogP contribution in [0.3, 0.4) is 0 Å². The molecule has 20 heavy (non-hydrogen) atoms. The molecule has 7 heteroatoms. The molecule has 0 radical (unpaired) electrons. The van der Waals surface area contributed by atoms with Gasteiger partial charge in [0, 0.05) is 32.4 Å². The van der Waals surface area contributed by atoms with Gasteiger partial charge in [-0.3, -0.25) is 0 Å². The molecule has 0 bridgehead atoms. The van der Waals surface area contributed by atoms with Crippen molar-refractivity contribution in [2.24, 2.45) is 0 Å². The predicted octanol–water partition coefficient (Wildman–Crippen LogP) is 0.600. The highest BCUT2D eigenvalue weighted by atomic mass is 32.2. The van der Waals surface area contributed by atoms with E-state index < -0.39 is 10.0 Å². The number of sulfonamides is 1. The third-order valence-electron chi connectivity index (χ3n) is 3.20. The van der Waals surface area contributed by atoms with Crippen LogP contribution in [0.25, 0.3) is 0 Å². The summed E-state index contributed by atoms with van der Waals surface area (Å²) in [6.45, 7) is 4.01. The molecule has 1 fully saturated rings. The standard InChI is InChI=1S/C13H21N3O3S/c1-11-10-16(6-3-7-19-11)20(17,18)13-5-4-12(8-14-2)9-15-13/h4-5,9,11,14H,3,6-8,10H2,1-2H3. The lowest BCUT2D eigenvalue weighted by Crippen LogP contribution is -2.36. The largest absolute Gasteiger partial charge is 0.377 e. The maximum Gasteiger partial charge on any atom is 0.260 e. The van der Waals surface area contributed by atoms with Crippen molar-refractivity contribution in [1.29, 1.82) is 0 Å². The van der Waals surface area contributed by atoms with Gasteiger partial charge in [0.1, 0.15) is 0 Å². The SMILES string of the molecule is CNCc1ccc(S(=O)(=O)N2CCCOC(C)C2)nc1. The molecule has 1 saturated heterocycles. The zero-order chi connectivity index (χ0) is 14.6. The van der Waals surface area contributed by atoms with Gasteiger partial charge in [-0.25, -0.2) is 13.4 Å². The summed E-state index contributed by atoms with van der Waals surface area (Å²) in [5, 5.41) is 3.11. The van der Waals surface area contributed by atoms with Crippen molar-refractivity contribution < 1.29 is 13.2 Å². The third-order valence-corrected chi connectivity index (χ3v) is 4.98. The van der Waals surface area contributed by atoms with Crippen LogP contribution in [0.15, 0.2) is 23.4 Å². The van der Waals surface area contributed by atoms with E-state index in [1.54, 1.807) is 18.3 Å². The van der Waals surface area contributed by atoms with Crippen LogP contribution < -0.4 is 5.32 Å². The van der Waals surface area contributed by atoms with Crippen molar-refractivity contribution >= 4 is 10.0 Å². The fourth-order valence-electron chi connectivity index (χ4n) is 2.18. The van der Waals surface area contributed by atoms with Gasteiger partial charge in [-0.2, -0.15) is 4.31 Å². The third kappa shape index (κ3) is 3.54. The second-order valence-electron chi connectivity index (χ2n) is 4.93. The molecule has 1 aromatic heterocycles. The Kier molecular flexibility index (Phi) is 5.09. The van der Waals surface area contributed by atoms with Crippen LogP contribution >= 0.6 is 0 Å². The fraction of sp³-hybridized carbons (Fsp3) is 0.615. The zero-order valence-electron chi connectivity index (χ0n) is 11.9. The van der Waals surface area contributed by atoms with Crippen molar-refractivity contribution in [3.05, 3.63) is 23.9 Å². The molecule has 1 unspecified atom stereocenters. The normalized spacial score (nSPS) is 21.6. The molecule has 6 nitrogen and oxygen atoms in total. The molecular formula is C13H21N3O3S. The van der Waals surface area contributed by atoms with E-state index in [-0.39, 0.29) is 11.1 Å². The molecule has 0 saturated carbocycles. The minimum Gasteiger partial charge on any atom is -0.377 e. The number of rotatable bonds is 4. The van der Waals surface area contributed by atoms with Gasteiger partial charge in [0.05, 0.1) is 6.10 Å². The monoisotopic (exact) mass is 299 g/mol. The first-order valence-corrected chi connectivity index (χ1v) is 8.19. The second-order valence-corrected chi connectivity index (χ2v) is 6.82. The summed E-state index contributed by atoms with van der Waals surface area (Å²) in [5.74, 6) is 0. The quantitative estimate of drug-likeness (QED) is 0.881. The molecule has 1 atom stereocenters. The van der Waals surface area contributed by atoms with E-state index in [4.69, 9.17) is 4.74 Å². The second kappa shape index (κ2) is 6.62. The maximum atomic E-state index is 12.5. The number of nitrogens with one attached hydrogen (secondary N) is 1. The van der Waals surface area contributed by atoms with E-state index in [1.165, 1.54) is 4.31 Å². The Morgan fingerprint density at radius 3 is 2.95 bits per heavy atom. The Morgan fingerprint density at radius 1 is 1.50 bits per heavy atom. The lowest BCUT2D eigenvalue weighted by molar-refractivity contribution is 0.0752. The summed E-state index contributed by atoms with van der Waals surface area (Å²) in [5.41, 5.74) is 0.957. The lowest BCUT2D eigenvalue weighted by Gasteiger charge is -2.21. The van der Waals surface area contributed by atoms with Crippen molar-refractivity contribution in [1.82, 2.24) is 14.6 Å². The summed E-state index contributed by atoms with van der Waals surface area (Å²) in [4.78, 5) is 4.09. The minimum absolute atomic E-state index is 0.0872. The molecule has 0 aliphatic carbocycles. The first-order chi connectivity index (χ1) is 9.54. The van der Waals surface area contributed by atoms with Crippen molar-refractivity contribution in [2.75, 3.05) is 26.7 Å². The fourth-order valence-corrected chi connectivity index (χ4v) is 3.65. The van der Waals surface area contributed by atoms with Gasteiger partial charge < -0.3 is 10.1 Å². The Morgan fingerprint density at radius 2 is 2.30 bits per heavy atom. The molecule has 0 aromatic carbocycles. The van der Waals surface area contributed by atoms with Crippen LogP contribution in [0.5, 0.6) is 0 Å². The number of pyridine rings is 1. The Balaban J connectivity index is 2.20. The average molecular weight is 299 g/mol. The van der Waals surface area contributed by atoms with Gasteiger partial charge in [-0.05, 0) is 32.0 Å². The van der Waals surface area contributed by atoms with Gasteiger partial charge in [0.2, 0.25) is 0 Å². The Bertz CT molecular complexity index is 530. The molecule has 1 N–H and O–H groups in total. The summed E-state index contributed by atoms with van der Waals surface area (Å²) in [7, 11) is -1.69. The molecule has 0 spiro atoms. The van der Waals surface area contributed by atoms with E-state index in [1.807, 2.05) is 14.0 Å². The van der Waals surface area contributed by atoms with Crippen LogP contribution in [0.4, 0.5) is 0 Å². The molecule has 2 heterocycles. The van der Waals surface area contributed by atoms with Crippen LogP contribution in [0.2, 0.25) is 0 Å². The summed E-state index contributed by atoms with van der Waals surface area (Å²) >= 11 is 0. The van der Waals surface area contributed by atoms with Crippen molar-refractivity contribution in [3.63, 3.8) is 0 Å². The number of ether oxygens (including phenoxy) is 1. The number of hydrogen-bond donors (Lipinski definition) is 1. The maximum absolute atomic E-state index is 12.5. The first-order valence-electron chi connectivity index (χ1n) is 6.75. The first kappa shape index (κ1) is 15.4. The molecule has 1 aliphatic rings. The number of hydrogen-bond acceptors (Lipinski definition) is 5. The van der Waals surface area contributed by atoms with Crippen LogP contribution in [-0.2, 0) is 21.3 Å². The zero-order valence-corrected chi connectivity index (χ0v) is 12.7. The molecule has 2 rings (SSSR count). The van der Waals surface area contributed by atoms with Crippen molar-refractivity contribution in [2.45, 2.75) is 31.0 Å². The summed E-state index contributed by atoms with van der Waals surface area (Å²) < 4.78 is 32.0. The van der Waals surface area contributed by atoms with Crippen LogP contribution in [-0.4, -0.2) is 50.6 Å². The van der Waals surface area contributed by atoms with E-state index in [2.05, 4.69) is 10.3 Å². The molecule has 112 valence electrons. The van der Waals surface area contributed by atoms with Crippen molar-refractivity contribution in [3.8, 4) is 0 Å². The van der Waals surface area contributed by atoms with E-state index in [0.717, 1.165) is 5.56 Å². The van der Waals surface area contributed by atoms with Crippen LogP contribution in [0, 0.1) is 0 Å². The number of nitrogens with zero attached hydrogens (tertiary/aromatic N) is 2. The minimum atomic E-state index is -3.53. The van der Waals surface area contributed by atoms with Gasteiger partial charge >= 0.3 is 0 Å². The van der Waals surface area contributed by atoms with Gasteiger partial charge in [-0.1, -0.05) is 6.07 Å². The summed E-state index contributed by atoms with van der Waals surface area (Å²) in [6, 6.07) is 3.35. The smallest absolute Gasteiger partial charge is 0.260 e. The van der Waals surface area contributed by atoms with E-state index in [9.17, 15) is 8.42 Å². The highest BCUT2D eigenvalue weighted by molar-refractivity contribution is 7.89. The molecule has 1 aromatic rings. The lowest BCUT2D eigenvalue weighted by atomic mass is 10.3. The van der Waals surface area contributed by atoms with Gasteiger partial charge in [0.15, 0.2) is 5.03 Å².